The Bertz CT molecular complexity index is 927. The Hall–Kier alpha value is -2.71. The van der Waals surface area contributed by atoms with Gasteiger partial charge in [0.15, 0.2) is 0 Å². The minimum atomic E-state index is -0.332. The molecule has 2 aromatic heterocycles. The Labute approximate surface area is 171 Å². The average molecular weight is 419 g/mol. The highest BCUT2D eigenvalue weighted by atomic mass is 35.5. The van der Waals surface area contributed by atoms with E-state index in [0.29, 0.717) is 42.9 Å². The standard InChI is InChI=1S/C19H19ClN4O3S/c20-13-4-1-5-14(12-13)22-18(26)19-24-23-17(28-19)8-2-7-16(25)21-10-9-15-6-3-11-27-15/h1,3-6,11-12H,2,7-10H2,(H,21,25)(H,22,26). The van der Waals surface area contributed by atoms with Crippen LogP contribution in [0.15, 0.2) is 47.1 Å². The first-order chi connectivity index (χ1) is 13.6. The molecule has 0 atom stereocenters. The Morgan fingerprint density at radius 1 is 1.14 bits per heavy atom. The van der Waals surface area contributed by atoms with Gasteiger partial charge in [-0.25, -0.2) is 0 Å². The van der Waals surface area contributed by atoms with Crippen LogP contribution in [0.5, 0.6) is 0 Å². The third-order valence-electron chi connectivity index (χ3n) is 3.81. The van der Waals surface area contributed by atoms with E-state index in [9.17, 15) is 9.59 Å². The number of carbonyl (C=O) groups excluding carboxylic acids is 2. The maximum atomic E-state index is 12.2. The molecule has 0 aliphatic carbocycles. The summed E-state index contributed by atoms with van der Waals surface area (Å²) in [5.41, 5.74) is 0.598. The number of amides is 2. The smallest absolute Gasteiger partial charge is 0.286 e. The lowest BCUT2D eigenvalue weighted by Crippen LogP contribution is -2.25. The van der Waals surface area contributed by atoms with Crippen molar-refractivity contribution in [2.24, 2.45) is 0 Å². The normalized spacial score (nSPS) is 10.6. The Morgan fingerprint density at radius 2 is 2.04 bits per heavy atom. The molecular formula is C19H19ClN4O3S. The molecule has 3 aromatic rings. The molecule has 7 nitrogen and oxygen atoms in total. The second-order valence-electron chi connectivity index (χ2n) is 6.00. The van der Waals surface area contributed by atoms with Crippen LogP contribution in [0.2, 0.25) is 5.02 Å². The fourth-order valence-electron chi connectivity index (χ4n) is 2.47. The van der Waals surface area contributed by atoms with Crippen LogP contribution in [0.1, 0.15) is 33.4 Å². The number of nitrogens with zero attached hydrogens (tertiary/aromatic N) is 2. The molecule has 0 spiro atoms. The molecule has 0 fully saturated rings. The molecule has 0 bridgehead atoms. The van der Waals surface area contributed by atoms with Crippen LogP contribution in [0.3, 0.4) is 0 Å². The van der Waals surface area contributed by atoms with Crippen molar-refractivity contribution < 1.29 is 14.0 Å². The van der Waals surface area contributed by atoms with E-state index >= 15 is 0 Å². The maximum Gasteiger partial charge on any atom is 0.286 e. The molecule has 0 radical (unpaired) electrons. The number of anilines is 1. The van der Waals surface area contributed by atoms with E-state index in [-0.39, 0.29) is 16.8 Å². The van der Waals surface area contributed by atoms with Gasteiger partial charge in [0.25, 0.3) is 5.91 Å². The number of hydrogen-bond donors (Lipinski definition) is 2. The third-order valence-corrected chi connectivity index (χ3v) is 5.03. The first kappa shape index (κ1) is 20.0. The monoisotopic (exact) mass is 418 g/mol. The van der Waals surface area contributed by atoms with E-state index in [1.165, 1.54) is 11.3 Å². The maximum absolute atomic E-state index is 12.2. The van der Waals surface area contributed by atoms with Crippen LogP contribution in [-0.2, 0) is 17.6 Å². The number of halogens is 1. The van der Waals surface area contributed by atoms with Crippen molar-refractivity contribution in [3.05, 3.63) is 63.5 Å². The average Bonchev–Trinajstić information content (AvgIpc) is 3.34. The number of carbonyl (C=O) groups is 2. The van der Waals surface area contributed by atoms with Crippen LogP contribution < -0.4 is 10.6 Å². The number of aryl methyl sites for hydroxylation is 1. The van der Waals surface area contributed by atoms with Gasteiger partial charge in [-0.15, -0.1) is 10.2 Å². The molecule has 0 saturated carbocycles. The highest BCUT2D eigenvalue weighted by Crippen LogP contribution is 2.18. The predicted octanol–water partition coefficient (Wildman–Crippen LogP) is 3.72. The summed E-state index contributed by atoms with van der Waals surface area (Å²) in [5, 5.41) is 15.1. The van der Waals surface area contributed by atoms with Crippen molar-refractivity contribution in [2.45, 2.75) is 25.7 Å². The fourth-order valence-corrected chi connectivity index (χ4v) is 3.43. The summed E-state index contributed by atoms with van der Waals surface area (Å²) >= 11 is 7.13. The molecule has 9 heteroatoms. The number of nitrogens with one attached hydrogen (secondary N) is 2. The second-order valence-corrected chi connectivity index (χ2v) is 7.50. The van der Waals surface area contributed by atoms with Gasteiger partial charge in [-0.05, 0) is 36.8 Å². The van der Waals surface area contributed by atoms with Crippen molar-refractivity contribution in [1.29, 1.82) is 0 Å². The van der Waals surface area contributed by atoms with Gasteiger partial charge in [0.05, 0.1) is 6.26 Å². The van der Waals surface area contributed by atoms with Gasteiger partial charge < -0.3 is 15.1 Å². The lowest BCUT2D eigenvalue weighted by atomic mass is 10.2. The molecule has 0 aliphatic heterocycles. The highest BCUT2D eigenvalue weighted by Gasteiger charge is 2.13. The number of benzene rings is 1. The lowest BCUT2D eigenvalue weighted by molar-refractivity contribution is -0.121. The quantitative estimate of drug-likeness (QED) is 0.552. The molecule has 28 heavy (non-hydrogen) atoms. The van der Waals surface area contributed by atoms with Gasteiger partial charge in [0.2, 0.25) is 10.9 Å². The van der Waals surface area contributed by atoms with Gasteiger partial charge >= 0.3 is 0 Å². The van der Waals surface area contributed by atoms with E-state index in [1.807, 2.05) is 12.1 Å². The van der Waals surface area contributed by atoms with Gasteiger partial charge in [0.1, 0.15) is 10.8 Å². The number of aromatic nitrogens is 2. The van der Waals surface area contributed by atoms with E-state index in [0.717, 1.165) is 10.8 Å². The van der Waals surface area contributed by atoms with Gasteiger partial charge in [-0.2, -0.15) is 0 Å². The van der Waals surface area contributed by atoms with Gasteiger partial charge in [0, 0.05) is 36.5 Å². The summed E-state index contributed by atoms with van der Waals surface area (Å²) in [6, 6.07) is 10.6. The zero-order valence-corrected chi connectivity index (χ0v) is 16.6. The van der Waals surface area contributed by atoms with Crippen molar-refractivity contribution in [2.75, 3.05) is 11.9 Å². The van der Waals surface area contributed by atoms with Crippen molar-refractivity contribution >= 4 is 40.4 Å². The van der Waals surface area contributed by atoms with Crippen LogP contribution in [0.25, 0.3) is 0 Å². The molecule has 146 valence electrons. The van der Waals surface area contributed by atoms with Crippen LogP contribution in [0.4, 0.5) is 5.69 Å². The van der Waals surface area contributed by atoms with Gasteiger partial charge in [-0.3, -0.25) is 9.59 Å². The summed E-state index contributed by atoms with van der Waals surface area (Å²) in [7, 11) is 0. The van der Waals surface area contributed by atoms with Crippen LogP contribution in [0, 0.1) is 0 Å². The molecule has 0 aliphatic rings. The van der Waals surface area contributed by atoms with Crippen molar-refractivity contribution in [1.82, 2.24) is 15.5 Å². The van der Waals surface area contributed by atoms with E-state index in [4.69, 9.17) is 16.0 Å². The molecular weight excluding hydrogens is 400 g/mol. The highest BCUT2D eigenvalue weighted by molar-refractivity contribution is 7.13. The summed E-state index contributed by atoms with van der Waals surface area (Å²) in [5.74, 6) is 0.495. The molecule has 1 aromatic carbocycles. The summed E-state index contributed by atoms with van der Waals surface area (Å²) in [6.07, 6.45) is 3.90. The third kappa shape index (κ3) is 6.17. The minimum Gasteiger partial charge on any atom is -0.469 e. The van der Waals surface area contributed by atoms with Crippen LogP contribution >= 0.6 is 22.9 Å². The largest absolute Gasteiger partial charge is 0.469 e. The molecule has 0 saturated heterocycles. The second kappa shape index (κ2) is 10.0. The molecule has 2 N–H and O–H groups in total. The first-order valence-electron chi connectivity index (χ1n) is 8.78. The zero-order chi connectivity index (χ0) is 19.8. The fraction of sp³-hybridized carbons (Fsp3) is 0.263. The molecule has 2 amide bonds. The topological polar surface area (TPSA) is 97.1 Å². The zero-order valence-electron chi connectivity index (χ0n) is 15.0. The minimum absolute atomic E-state index is 0.0185. The number of hydrogen-bond acceptors (Lipinski definition) is 6. The van der Waals surface area contributed by atoms with E-state index in [1.54, 1.807) is 30.5 Å². The van der Waals surface area contributed by atoms with E-state index < -0.39 is 0 Å². The lowest BCUT2D eigenvalue weighted by Gasteiger charge is -2.03. The number of furan rings is 1. The van der Waals surface area contributed by atoms with Gasteiger partial charge in [-0.1, -0.05) is 29.0 Å². The molecule has 2 heterocycles. The van der Waals surface area contributed by atoms with Crippen molar-refractivity contribution in [3.63, 3.8) is 0 Å². The molecule has 3 rings (SSSR count). The first-order valence-corrected chi connectivity index (χ1v) is 9.98. The molecule has 0 unspecified atom stereocenters. The number of rotatable bonds is 9. The van der Waals surface area contributed by atoms with Crippen molar-refractivity contribution in [3.8, 4) is 0 Å². The Kier molecular flexibility index (Phi) is 7.16. The summed E-state index contributed by atoms with van der Waals surface area (Å²) in [6.45, 7) is 0.541. The Balaban J connectivity index is 1.38. The summed E-state index contributed by atoms with van der Waals surface area (Å²) < 4.78 is 5.21. The summed E-state index contributed by atoms with van der Waals surface area (Å²) in [4.78, 5) is 24.1. The Morgan fingerprint density at radius 3 is 2.82 bits per heavy atom. The van der Waals surface area contributed by atoms with Crippen LogP contribution in [-0.4, -0.2) is 28.6 Å². The predicted molar refractivity (Wildman–Crippen MR) is 108 cm³/mol. The SMILES string of the molecule is O=C(CCCc1nnc(C(=O)Nc2cccc(Cl)c2)s1)NCCc1ccco1. The van der Waals surface area contributed by atoms with E-state index in [2.05, 4.69) is 20.8 Å².